The summed E-state index contributed by atoms with van der Waals surface area (Å²) in [6.45, 7) is 2.70. The predicted octanol–water partition coefficient (Wildman–Crippen LogP) is -0.848. The number of rotatable bonds is 2. The molecule has 0 saturated carbocycles. The minimum absolute atomic E-state index is 0.517. The van der Waals surface area contributed by atoms with Crippen molar-refractivity contribution in [1.29, 1.82) is 0 Å². The molecule has 0 amide bonds. The van der Waals surface area contributed by atoms with Crippen molar-refractivity contribution in [3.05, 3.63) is 11.6 Å². The van der Waals surface area contributed by atoms with Gasteiger partial charge in [-0.1, -0.05) is 0 Å². The minimum Gasteiger partial charge on any atom is -0.389 e. The molecule has 2 aliphatic rings. The van der Waals surface area contributed by atoms with Crippen molar-refractivity contribution in [3.8, 4) is 0 Å². The van der Waals surface area contributed by atoms with E-state index < -0.39 is 12.2 Å². The van der Waals surface area contributed by atoms with Gasteiger partial charge in [-0.15, -0.1) is 10.2 Å². The molecule has 17 heavy (non-hydrogen) atoms. The van der Waals surface area contributed by atoms with Crippen LogP contribution in [0.25, 0.3) is 0 Å². The van der Waals surface area contributed by atoms with Crippen molar-refractivity contribution >= 4 is 0 Å². The predicted molar refractivity (Wildman–Crippen MR) is 60.3 cm³/mol. The molecule has 0 spiro atoms. The van der Waals surface area contributed by atoms with E-state index in [1.165, 1.54) is 12.8 Å². The SMILES string of the molecule is O[C@@H]1CN(Cc2nnc3n2CCCC3)C[C@@H]1O. The van der Waals surface area contributed by atoms with Crippen LogP contribution < -0.4 is 0 Å². The van der Waals surface area contributed by atoms with Gasteiger partial charge in [-0.2, -0.15) is 0 Å². The summed E-state index contributed by atoms with van der Waals surface area (Å²) in [6, 6.07) is 0. The fraction of sp³-hybridized carbons (Fsp3) is 0.818. The highest BCUT2D eigenvalue weighted by Gasteiger charge is 2.30. The second-order valence-corrected chi connectivity index (χ2v) is 4.97. The van der Waals surface area contributed by atoms with Crippen LogP contribution in [-0.2, 0) is 19.5 Å². The third-order valence-electron chi connectivity index (χ3n) is 3.64. The van der Waals surface area contributed by atoms with E-state index in [9.17, 15) is 10.2 Å². The second-order valence-electron chi connectivity index (χ2n) is 4.97. The van der Waals surface area contributed by atoms with Gasteiger partial charge in [0.15, 0.2) is 0 Å². The average Bonchev–Trinajstić information content (AvgIpc) is 2.85. The zero-order chi connectivity index (χ0) is 11.8. The molecule has 1 aromatic rings. The summed E-state index contributed by atoms with van der Waals surface area (Å²) in [4.78, 5) is 2.03. The molecule has 0 aromatic carbocycles. The lowest BCUT2D eigenvalue weighted by atomic mass is 10.2. The number of aromatic nitrogens is 3. The summed E-state index contributed by atoms with van der Waals surface area (Å²) in [7, 11) is 0. The molecule has 0 bridgehead atoms. The van der Waals surface area contributed by atoms with Gasteiger partial charge in [0.05, 0.1) is 18.8 Å². The molecule has 1 saturated heterocycles. The van der Waals surface area contributed by atoms with E-state index in [1.807, 2.05) is 4.90 Å². The van der Waals surface area contributed by atoms with Crippen LogP contribution in [0.4, 0.5) is 0 Å². The van der Waals surface area contributed by atoms with Gasteiger partial charge in [-0.05, 0) is 12.8 Å². The van der Waals surface area contributed by atoms with E-state index in [4.69, 9.17) is 0 Å². The first-order valence-electron chi connectivity index (χ1n) is 6.23. The molecule has 6 heteroatoms. The lowest BCUT2D eigenvalue weighted by Crippen LogP contribution is -2.24. The molecule has 0 aliphatic carbocycles. The van der Waals surface area contributed by atoms with Crippen LogP contribution in [0, 0.1) is 0 Å². The molecule has 3 heterocycles. The van der Waals surface area contributed by atoms with Crippen LogP contribution in [-0.4, -0.2) is 55.2 Å². The van der Waals surface area contributed by atoms with Gasteiger partial charge < -0.3 is 14.8 Å². The number of fused-ring (bicyclic) bond motifs is 1. The number of hydrogen-bond donors (Lipinski definition) is 2. The number of hydrogen-bond acceptors (Lipinski definition) is 5. The van der Waals surface area contributed by atoms with Crippen LogP contribution in [0.5, 0.6) is 0 Å². The van der Waals surface area contributed by atoms with Crippen LogP contribution in [0.15, 0.2) is 0 Å². The highest BCUT2D eigenvalue weighted by atomic mass is 16.3. The van der Waals surface area contributed by atoms with Gasteiger partial charge in [-0.25, -0.2) is 0 Å². The standard InChI is InChI=1S/C11H18N4O2/c16-8-5-14(6-9(8)17)7-11-13-12-10-3-1-2-4-15(10)11/h8-9,16-17H,1-7H2/t8-,9+. The van der Waals surface area contributed by atoms with E-state index in [0.29, 0.717) is 19.6 Å². The molecule has 1 aromatic heterocycles. The van der Waals surface area contributed by atoms with Gasteiger partial charge >= 0.3 is 0 Å². The van der Waals surface area contributed by atoms with E-state index in [2.05, 4.69) is 14.8 Å². The summed E-state index contributed by atoms with van der Waals surface area (Å²) >= 11 is 0. The molecule has 0 unspecified atom stereocenters. The van der Waals surface area contributed by atoms with Crippen molar-refractivity contribution in [1.82, 2.24) is 19.7 Å². The quantitative estimate of drug-likeness (QED) is 0.702. The first-order chi connectivity index (χ1) is 8.24. The maximum Gasteiger partial charge on any atom is 0.147 e. The molecule has 1 fully saturated rings. The Morgan fingerprint density at radius 1 is 1.12 bits per heavy atom. The lowest BCUT2D eigenvalue weighted by Gasteiger charge is -2.18. The fourth-order valence-corrected chi connectivity index (χ4v) is 2.66. The first kappa shape index (κ1) is 11.1. The maximum atomic E-state index is 9.50. The Balaban J connectivity index is 1.71. The van der Waals surface area contributed by atoms with Gasteiger partial charge in [-0.3, -0.25) is 4.90 Å². The maximum absolute atomic E-state index is 9.50. The van der Waals surface area contributed by atoms with Crippen molar-refractivity contribution in [2.45, 2.75) is 44.6 Å². The Morgan fingerprint density at radius 2 is 1.88 bits per heavy atom. The zero-order valence-electron chi connectivity index (χ0n) is 9.79. The molecule has 3 rings (SSSR count). The summed E-state index contributed by atoms with van der Waals surface area (Å²) in [5.41, 5.74) is 0. The summed E-state index contributed by atoms with van der Waals surface area (Å²) in [5, 5.41) is 27.4. The van der Waals surface area contributed by atoms with Gasteiger partial charge in [0.25, 0.3) is 0 Å². The molecule has 94 valence electrons. The monoisotopic (exact) mass is 238 g/mol. The second kappa shape index (κ2) is 4.36. The molecule has 2 atom stereocenters. The van der Waals surface area contributed by atoms with E-state index in [0.717, 1.165) is 24.6 Å². The Morgan fingerprint density at radius 3 is 2.65 bits per heavy atom. The molecule has 2 aliphatic heterocycles. The van der Waals surface area contributed by atoms with Gasteiger partial charge in [0.1, 0.15) is 11.6 Å². The molecule has 6 nitrogen and oxygen atoms in total. The van der Waals surface area contributed by atoms with Crippen LogP contribution >= 0.6 is 0 Å². The lowest BCUT2D eigenvalue weighted by molar-refractivity contribution is 0.0572. The average molecular weight is 238 g/mol. The summed E-state index contributed by atoms with van der Waals surface area (Å²) in [5.74, 6) is 2.03. The normalized spacial score (nSPS) is 29.5. The van der Waals surface area contributed by atoms with Crippen LogP contribution in [0.2, 0.25) is 0 Å². The fourth-order valence-electron chi connectivity index (χ4n) is 2.66. The molecule has 2 N–H and O–H groups in total. The number of nitrogens with zero attached hydrogens (tertiary/aromatic N) is 4. The Labute approximate surface area is 99.9 Å². The summed E-state index contributed by atoms with van der Waals surface area (Å²) in [6.07, 6.45) is 2.14. The van der Waals surface area contributed by atoms with E-state index in [1.54, 1.807) is 0 Å². The van der Waals surface area contributed by atoms with Crippen LogP contribution in [0.1, 0.15) is 24.5 Å². The van der Waals surface area contributed by atoms with Crippen molar-refractivity contribution in [2.24, 2.45) is 0 Å². The van der Waals surface area contributed by atoms with E-state index >= 15 is 0 Å². The third-order valence-corrected chi connectivity index (χ3v) is 3.64. The number of aliphatic hydroxyl groups is 2. The summed E-state index contributed by atoms with van der Waals surface area (Å²) < 4.78 is 2.18. The van der Waals surface area contributed by atoms with Crippen molar-refractivity contribution in [3.63, 3.8) is 0 Å². The zero-order valence-corrected chi connectivity index (χ0v) is 9.79. The molecular formula is C11H18N4O2. The minimum atomic E-state index is -0.626. The van der Waals surface area contributed by atoms with Crippen LogP contribution in [0.3, 0.4) is 0 Å². The van der Waals surface area contributed by atoms with Gasteiger partial charge in [0, 0.05) is 26.1 Å². The first-order valence-corrected chi connectivity index (χ1v) is 6.23. The third kappa shape index (κ3) is 2.08. The highest BCUT2D eigenvalue weighted by Crippen LogP contribution is 2.17. The number of β-amino-alcohol motifs (C(OH)–C–C–N with tert-alkyl or cyclic N) is 2. The Bertz CT molecular complexity index is 396. The van der Waals surface area contributed by atoms with Crippen molar-refractivity contribution < 1.29 is 10.2 Å². The van der Waals surface area contributed by atoms with Crippen molar-refractivity contribution in [2.75, 3.05) is 13.1 Å². The molecular weight excluding hydrogens is 220 g/mol. The number of aliphatic hydroxyl groups excluding tert-OH is 2. The molecule has 0 radical (unpaired) electrons. The highest BCUT2D eigenvalue weighted by molar-refractivity contribution is 5.00. The van der Waals surface area contributed by atoms with Gasteiger partial charge in [0.2, 0.25) is 0 Å². The number of aryl methyl sites for hydroxylation is 1. The Kier molecular flexibility index (Phi) is 2.85. The smallest absolute Gasteiger partial charge is 0.147 e. The van der Waals surface area contributed by atoms with E-state index in [-0.39, 0.29) is 0 Å². The largest absolute Gasteiger partial charge is 0.389 e. The Hall–Kier alpha value is -0.980. The topological polar surface area (TPSA) is 74.4 Å². The number of likely N-dealkylation sites (tertiary alicyclic amines) is 1.